The average molecular weight is 184 g/mol. The summed E-state index contributed by atoms with van der Waals surface area (Å²) in [7, 11) is 0. The SMILES string of the molecule is CC(O)c1cc2sccc2s1. The standard InChI is InChI=1S/C8H8OS2/c1-5(9)7-4-8-6(11-7)2-3-10-8/h2-5,9H,1H3. The van der Waals surface area contributed by atoms with Crippen molar-refractivity contribution < 1.29 is 5.11 Å². The number of rotatable bonds is 1. The van der Waals surface area contributed by atoms with Gasteiger partial charge in [0.2, 0.25) is 0 Å². The Hall–Kier alpha value is -0.380. The minimum absolute atomic E-state index is 0.320. The van der Waals surface area contributed by atoms with E-state index in [0.717, 1.165) is 4.88 Å². The topological polar surface area (TPSA) is 20.2 Å². The van der Waals surface area contributed by atoms with E-state index in [-0.39, 0.29) is 6.10 Å². The molecule has 1 atom stereocenters. The number of hydrogen-bond donors (Lipinski definition) is 1. The lowest BCUT2D eigenvalue weighted by Crippen LogP contribution is -1.83. The van der Waals surface area contributed by atoms with Crippen molar-refractivity contribution in [2.75, 3.05) is 0 Å². The highest BCUT2D eigenvalue weighted by Gasteiger charge is 2.06. The first-order valence-corrected chi connectivity index (χ1v) is 5.12. The van der Waals surface area contributed by atoms with Gasteiger partial charge in [0.15, 0.2) is 0 Å². The van der Waals surface area contributed by atoms with Gasteiger partial charge in [0.05, 0.1) is 6.10 Å². The van der Waals surface area contributed by atoms with E-state index in [2.05, 4.69) is 17.5 Å². The molecule has 0 aliphatic carbocycles. The highest BCUT2D eigenvalue weighted by Crippen LogP contribution is 2.32. The molecule has 2 aromatic heterocycles. The van der Waals surface area contributed by atoms with Crippen molar-refractivity contribution in [2.24, 2.45) is 0 Å². The molecule has 0 bridgehead atoms. The van der Waals surface area contributed by atoms with Crippen LogP contribution in [-0.2, 0) is 0 Å². The first-order valence-electron chi connectivity index (χ1n) is 3.42. The van der Waals surface area contributed by atoms with Gasteiger partial charge in [-0.3, -0.25) is 0 Å². The van der Waals surface area contributed by atoms with Gasteiger partial charge in [-0.1, -0.05) is 0 Å². The van der Waals surface area contributed by atoms with Crippen LogP contribution in [0.15, 0.2) is 17.5 Å². The minimum atomic E-state index is -0.320. The molecular weight excluding hydrogens is 176 g/mol. The molecule has 2 rings (SSSR count). The Bertz CT molecular complexity index is 330. The third-order valence-corrected chi connectivity index (χ3v) is 3.83. The van der Waals surface area contributed by atoms with Crippen LogP contribution in [0.3, 0.4) is 0 Å². The summed E-state index contributed by atoms with van der Waals surface area (Å²) in [6.45, 7) is 1.80. The Morgan fingerprint density at radius 2 is 2.27 bits per heavy atom. The fourth-order valence-electron chi connectivity index (χ4n) is 0.990. The number of thiophene rings is 2. The normalized spacial score (nSPS) is 14.0. The van der Waals surface area contributed by atoms with E-state index < -0.39 is 0 Å². The lowest BCUT2D eigenvalue weighted by Gasteiger charge is -1.95. The van der Waals surface area contributed by atoms with Crippen LogP contribution in [0.25, 0.3) is 9.40 Å². The van der Waals surface area contributed by atoms with Crippen LogP contribution in [0.1, 0.15) is 17.9 Å². The van der Waals surface area contributed by atoms with E-state index >= 15 is 0 Å². The van der Waals surface area contributed by atoms with Gasteiger partial charge >= 0.3 is 0 Å². The van der Waals surface area contributed by atoms with Crippen molar-refractivity contribution in [1.29, 1.82) is 0 Å². The van der Waals surface area contributed by atoms with Gasteiger partial charge < -0.3 is 5.11 Å². The van der Waals surface area contributed by atoms with Crippen LogP contribution >= 0.6 is 22.7 Å². The van der Waals surface area contributed by atoms with Crippen molar-refractivity contribution in [3.63, 3.8) is 0 Å². The van der Waals surface area contributed by atoms with Crippen LogP contribution in [0.2, 0.25) is 0 Å². The monoisotopic (exact) mass is 184 g/mol. The third-order valence-electron chi connectivity index (χ3n) is 1.57. The summed E-state index contributed by atoms with van der Waals surface area (Å²) in [5, 5.41) is 11.3. The van der Waals surface area contributed by atoms with Crippen molar-refractivity contribution in [3.05, 3.63) is 22.4 Å². The largest absolute Gasteiger partial charge is 0.388 e. The van der Waals surface area contributed by atoms with Crippen molar-refractivity contribution in [1.82, 2.24) is 0 Å². The summed E-state index contributed by atoms with van der Waals surface area (Å²) < 4.78 is 2.57. The summed E-state index contributed by atoms with van der Waals surface area (Å²) >= 11 is 3.40. The van der Waals surface area contributed by atoms with Gasteiger partial charge in [-0.05, 0) is 24.4 Å². The smallest absolute Gasteiger partial charge is 0.0854 e. The van der Waals surface area contributed by atoms with Gasteiger partial charge in [0, 0.05) is 14.3 Å². The second kappa shape index (κ2) is 2.59. The number of fused-ring (bicyclic) bond motifs is 1. The molecule has 1 unspecified atom stereocenters. The van der Waals surface area contributed by atoms with Crippen LogP contribution in [0.5, 0.6) is 0 Å². The highest BCUT2D eigenvalue weighted by atomic mass is 32.1. The van der Waals surface area contributed by atoms with E-state index in [1.807, 2.05) is 0 Å². The molecule has 0 aliphatic rings. The second-order valence-electron chi connectivity index (χ2n) is 2.47. The predicted molar refractivity (Wildman–Crippen MR) is 50.3 cm³/mol. The molecule has 1 nitrogen and oxygen atoms in total. The predicted octanol–water partition coefficient (Wildman–Crippen LogP) is 3.02. The second-order valence-corrected chi connectivity index (χ2v) is 4.54. The molecular formula is C8H8OS2. The average Bonchev–Trinajstić information content (AvgIpc) is 2.40. The third kappa shape index (κ3) is 1.20. The fraction of sp³-hybridized carbons (Fsp3) is 0.250. The zero-order valence-electron chi connectivity index (χ0n) is 6.07. The maximum atomic E-state index is 9.26. The van der Waals surface area contributed by atoms with Gasteiger partial charge in [-0.2, -0.15) is 0 Å². The maximum absolute atomic E-state index is 9.26. The Kier molecular flexibility index (Phi) is 1.71. The molecule has 0 radical (unpaired) electrons. The van der Waals surface area contributed by atoms with Crippen LogP contribution < -0.4 is 0 Å². The number of hydrogen-bond acceptors (Lipinski definition) is 3. The van der Waals surface area contributed by atoms with Crippen molar-refractivity contribution >= 4 is 32.1 Å². The Balaban J connectivity index is 2.58. The first kappa shape index (κ1) is 7.28. The van der Waals surface area contributed by atoms with E-state index in [1.165, 1.54) is 9.40 Å². The lowest BCUT2D eigenvalue weighted by molar-refractivity contribution is 0.203. The summed E-state index contributed by atoms with van der Waals surface area (Å²) in [5.74, 6) is 0. The fourth-order valence-corrected chi connectivity index (χ4v) is 3.05. The Labute approximate surface area is 72.9 Å². The van der Waals surface area contributed by atoms with E-state index in [0.29, 0.717) is 0 Å². The molecule has 58 valence electrons. The molecule has 3 heteroatoms. The minimum Gasteiger partial charge on any atom is -0.388 e. The first-order chi connectivity index (χ1) is 5.27. The van der Waals surface area contributed by atoms with E-state index in [1.54, 1.807) is 29.6 Å². The number of aliphatic hydroxyl groups excluding tert-OH is 1. The zero-order valence-corrected chi connectivity index (χ0v) is 7.71. The molecule has 11 heavy (non-hydrogen) atoms. The molecule has 0 saturated carbocycles. The quantitative estimate of drug-likeness (QED) is 0.722. The molecule has 1 N–H and O–H groups in total. The van der Waals surface area contributed by atoms with Crippen molar-refractivity contribution in [3.8, 4) is 0 Å². The summed E-state index contributed by atoms with van der Waals surface area (Å²) in [6.07, 6.45) is -0.320. The lowest BCUT2D eigenvalue weighted by atomic mass is 10.3. The van der Waals surface area contributed by atoms with Gasteiger partial charge in [0.25, 0.3) is 0 Å². The summed E-state index contributed by atoms with van der Waals surface area (Å²) in [6, 6.07) is 4.16. The van der Waals surface area contributed by atoms with Gasteiger partial charge in [0.1, 0.15) is 0 Å². The summed E-state index contributed by atoms with van der Waals surface area (Å²) in [4.78, 5) is 1.06. The van der Waals surface area contributed by atoms with Crippen LogP contribution in [0, 0.1) is 0 Å². The summed E-state index contributed by atoms with van der Waals surface area (Å²) in [5.41, 5.74) is 0. The molecule has 2 aromatic rings. The molecule has 0 aromatic carbocycles. The van der Waals surface area contributed by atoms with Gasteiger partial charge in [-0.25, -0.2) is 0 Å². The maximum Gasteiger partial charge on any atom is 0.0854 e. The zero-order chi connectivity index (χ0) is 7.84. The van der Waals surface area contributed by atoms with Gasteiger partial charge in [-0.15, -0.1) is 22.7 Å². The molecule has 0 fully saturated rings. The van der Waals surface area contributed by atoms with E-state index in [9.17, 15) is 5.11 Å². The molecule has 2 heterocycles. The number of aliphatic hydroxyl groups is 1. The van der Waals surface area contributed by atoms with Crippen LogP contribution in [0.4, 0.5) is 0 Å². The van der Waals surface area contributed by atoms with Crippen molar-refractivity contribution in [2.45, 2.75) is 13.0 Å². The molecule has 0 amide bonds. The Morgan fingerprint density at radius 3 is 2.91 bits per heavy atom. The molecule has 0 spiro atoms. The molecule has 0 saturated heterocycles. The molecule has 0 aliphatic heterocycles. The Morgan fingerprint density at radius 1 is 1.45 bits per heavy atom. The highest BCUT2D eigenvalue weighted by molar-refractivity contribution is 7.26. The van der Waals surface area contributed by atoms with E-state index in [4.69, 9.17) is 0 Å². The van der Waals surface area contributed by atoms with Crippen LogP contribution in [-0.4, -0.2) is 5.11 Å².